The Balaban J connectivity index is 1.53. The molecule has 0 saturated carbocycles. The zero-order chi connectivity index (χ0) is 17.2. The second-order valence-corrected chi connectivity index (χ2v) is 5.68. The normalized spacial score (nSPS) is 13.7. The Bertz CT molecular complexity index is 941. The molecule has 0 N–H and O–H groups in total. The van der Waals surface area contributed by atoms with Crippen LogP contribution in [-0.2, 0) is 16.1 Å². The number of anilines is 1. The highest BCUT2D eigenvalue weighted by Gasteiger charge is 2.24. The fraction of sp³-hybridized carbons (Fsp3) is 0.0526. The van der Waals surface area contributed by atoms with Crippen LogP contribution in [0.5, 0.6) is 0 Å². The van der Waals surface area contributed by atoms with E-state index < -0.39 is 0 Å². The topological polar surface area (TPSA) is 68.1 Å². The molecular formula is C19H14N4O2. The monoisotopic (exact) mass is 330 g/mol. The summed E-state index contributed by atoms with van der Waals surface area (Å²) >= 11 is 0. The molecule has 1 aliphatic rings. The fourth-order valence-electron chi connectivity index (χ4n) is 2.71. The van der Waals surface area contributed by atoms with Gasteiger partial charge in [-0.15, -0.1) is 5.10 Å². The second-order valence-electron chi connectivity index (χ2n) is 5.68. The van der Waals surface area contributed by atoms with Gasteiger partial charge < -0.3 is 0 Å². The van der Waals surface area contributed by atoms with Crippen LogP contribution in [0.3, 0.4) is 0 Å². The van der Waals surface area contributed by atoms with E-state index in [1.54, 1.807) is 16.8 Å². The van der Waals surface area contributed by atoms with Gasteiger partial charge in [0, 0.05) is 17.7 Å². The number of carbonyl (C=O) groups excluding carboxylic acids is 2. The maximum absolute atomic E-state index is 11.7. The van der Waals surface area contributed by atoms with E-state index in [2.05, 4.69) is 10.3 Å². The quantitative estimate of drug-likeness (QED) is 0.689. The third-order valence-electron chi connectivity index (χ3n) is 3.96. The predicted molar refractivity (Wildman–Crippen MR) is 92.6 cm³/mol. The molecule has 122 valence electrons. The lowest BCUT2D eigenvalue weighted by atomic mass is 10.1. The van der Waals surface area contributed by atoms with Gasteiger partial charge in [-0.3, -0.25) is 9.59 Å². The Kier molecular flexibility index (Phi) is 3.70. The number of carbonyl (C=O) groups is 2. The first-order chi connectivity index (χ1) is 12.2. The summed E-state index contributed by atoms with van der Waals surface area (Å²) in [4.78, 5) is 24.6. The van der Waals surface area contributed by atoms with Gasteiger partial charge in [0.15, 0.2) is 0 Å². The van der Waals surface area contributed by atoms with Gasteiger partial charge in [-0.05, 0) is 17.7 Å². The first kappa shape index (κ1) is 15.0. The van der Waals surface area contributed by atoms with Crippen LogP contribution in [0.2, 0.25) is 0 Å². The van der Waals surface area contributed by atoms with Crippen molar-refractivity contribution in [1.29, 1.82) is 0 Å². The lowest BCUT2D eigenvalue weighted by molar-refractivity contribution is -0.119. The van der Waals surface area contributed by atoms with Gasteiger partial charge in [-0.1, -0.05) is 47.7 Å². The first-order valence-electron chi connectivity index (χ1n) is 7.81. The van der Waals surface area contributed by atoms with Crippen LogP contribution in [0.25, 0.3) is 11.3 Å². The summed E-state index contributed by atoms with van der Waals surface area (Å²) in [6, 6.07) is 17.1. The van der Waals surface area contributed by atoms with Gasteiger partial charge in [0.05, 0.1) is 18.4 Å². The highest BCUT2D eigenvalue weighted by atomic mass is 16.2. The van der Waals surface area contributed by atoms with Crippen LogP contribution in [0.4, 0.5) is 5.69 Å². The van der Waals surface area contributed by atoms with Crippen molar-refractivity contribution in [2.75, 3.05) is 4.90 Å². The number of hydrogen-bond acceptors (Lipinski definition) is 4. The summed E-state index contributed by atoms with van der Waals surface area (Å²) in [5.74, 6) is -0.655. The molecular weight excluding hydrogens is 316 g/mol. The maximum Gasteiger partial charge on any atom is 0.258 e. The van der Waals surface area contributed by atoms with Gasteiger partial charge in [-0.25, -0.2) is 9.58 Å². The molecule has 0 radical (unpaired) electrons. The van der Waals surface area contributed by atoms with E-state index in [-0.39, 0.29) is 11.8 Å². The Hall–Kier alpha value is -3.54. The number of benzene rings is 2. The van der Waals surface area contributed by atoms with E-state index in [1.807, 2.05) is 48.7 Å². The Morgan fingerprint density at radius 2 is 1.52 bits per heavy atom. The molecule has 4 rings (SSSR count). The summed E-state index contributed by atoms with van der Waals surface area (Å²) in [6.07, 6.45) is 4.41. The molecule has 1 aromatic heterocycles. The summed E-state index contributed by atoms with van der Waals surface area (Å²) in [6.45, 7) is 0.647. The molecule has 6 nitrogen and oxygen atoms in total. The number of amides is 2. The molecule has 0 aliphatic carbocycles. The van der Waals surface area contributed by atoms with Crippen molar-refractivity contribution in [3.8, 4) is 11.3 Å². The molecule has 0 atom stereocenters. The second kappa shape index (κ2) is 6.16. The van der Waals surface area contributed by atoms with Crippen molar-refractivity contribution >= 4 is 17.5 Å². The van der Waals surface area contributed by atoms with Crippen molar-refractivity contribution in [3.63, 3.8) is 0 Å². The van der Waals surface area contributed by atoms with Gasteiger partial charge >= 0.3 is 0 Å². The van der Waals surface area contributed by atoms with Gasteiger partial charge in [0.2, 0.25) is 0 Å². The predicted octanol–water partition coefficient (Wildman–Crippen LogP) is 2.42. The van der Waals surface area contributed by atoms with E-state index in [9.17, 15) is 9.59 Å². The average molecular weight is 330 g/mol. The molecule has 2 aromatic carbocycles. The third-order valence-corrected chi connectivity index (χ3v) is 3.96. The van der Waals surface area contributed by atoms with E-state index in [4.69, 9.17) is 0 Å². The fourth-order valence-corrected chi connectivity index (χ4v) is 2.71. The molecule has 25 heavy (non-hydrogen) atoms. The van der Waals surface area contributed by atoms with Crippen LogP contribution >= 0.6 is 0 Å². The van der Waals surface area contributed by atoms with E-state index >= 15 is 0 Å². The van der Waals surface area contributed by atoms with Crippen LogP contribution in [-0.4, -0.2) is 26.8 Å². The minimum atomic E-state index is -0.327. The molecule has 0 saturated heterocycles. The summed E-state index contributed by atoms with van der Waals surface area (Å²) in [5, 5.41) is 8.34. The van der Waals surface area contributed by atoms with Crippen LogP contribution in [0.15, 0.2) is 72.9 Å². The van der Waals surface area contributed by atoms with E-state index in [1.165, 1.54) is 12.2 Å². The SMILES string of the molecule is O=C1C=CC(=O)N1c1ccc(-c2cn(Cc3ccccc3)nn2)cc1. The zero-order valence-electron chi connectivity index (χ0n) is 13.2. The molecule has 2 amide bonds. The Morgan fingerprint density at radius 3 is 2.20 bits per heavy atom. The number of aromatic nitrogens is 3. The maximum atomic E-state index is 11.7. The van der Waals surface area contributed by atoms with Crippen molar-refractivity contribution < 1.29 is 9.59 Å². The summed E-state index contributed by atoms with van der Waals surface area (Å²) in [5.41, 5.74) is 3.29. The van der Waals surface area contributed by atoms with Crippen LogP contribution in [0.1, 0.15) is 5.56 Å². The standard InChI is InChI=1S/C19H14N4O2/c24-18-10-11-19(25)23(18)16-8-6-15(7-9-16)17-13-22(21-20-17)12-14-4-2-1-3-5-14/h1-11,13H,12H2. The average Bonchev–Trinajstić information content (AvgIpc) is 3.23. The van der Waals surface area contributed by atoms with E-state index in [0.29, 0.717) is 12.2 Å². The number of imide groups is 1. The summed E-state index contributed by atoms with van der Waals surface area (Å²) < 4.78 is 1.77. The molecule has 0 spiro atoms. The van der Waals surface area contributed by atoms with Crippen LogP contribution in [0, 0.1) is 0 Å². The van der Waals surface area contributed by atoms with Crippen molar-refractivity contribution in [2.45, 2.75) is 6.54 Å². The van der Waals surface area contributed by atoms with Gasteiger partial charge in [-0.2, -0.15) is 0 Å². The Morgan fingerprint density at radius 1 is 0.840 bits per heavy atom. The molecule has 6 heteroatoms. The van der Waals surface area contributed by atoms with Gasteiger partial charge in [0.1, 0.15) is 5.69 Å². The molecule has 0 bridgehead atoms. The number of rotatable bonds is 4. The smallest absolute Gasteiger partial charge is 0.258 e. The van der Waals surface area contributed by atoms with E-state index in [0.717, 1.165) is 21.7 Å². The number of hydrogen-bond donors (Lipinski definition) is 0. The van der Waals surface area contributed by atoms with Crippen molar-refractivity contribution in [2.24, 2.45) is 0 Å². The van der Waals surface area contributed by atoms with Crippen molar-refractivity contribution in [3.05, 3.63) is 78.5 Å². The third kappa shape index (κ3) is 2.97. The minimum absolute atomic E-state index is 0.327. The largest absolute Gasteiger partial charge is 0.269 e. The molecule has 1 aliphatic heterocycles. The lowest BCUT2D eigenvalue weighted by Gasteiger charge is -2.13. The number of nitrogens with zero attached hydrogens (tertiary/aromatic N) is 4. The molecule has 3 aromatic rings. The first-order valence-corrected chi connectivity index (χ1v) is 7.81. The lowest BCUT2D eigenvalue weighted by Crippen LogP contribution is -2.29. The van der Waals surface area contributed by atoms with Crippen LogP contribution < -0.4 is 4.90 Å². The van der Waals surface area contributed by atoms with Crippen molar-refractivity contribution in [1.82, 2.24) is 15.0 Å². The Labute approximate surface area is 144 Å². The zero-order valence-corrected chi connectivity index (χ0v) is 13.2. The molecule has 0 unspecified atom stereocenters. The molecule has 2 heterocycles. The molecule has 0 fully saturated rings. The summed E-state index contributed by atoms with van der Waals surface area (Å²) in [7, 11) is 0. The highest BCUT2D eigenvalue weighted by Crippen LogP contribution is 2.23. The highest BCUT2D eigenvalue weighted by molar-refractivity contribution is 6.28. The van der Waals surface area contributed by atoms with Gasteiger partial charge in [0.25, 0.3) is 11.8 Å². The minimum Gasteiger partial charge on any atom is -0.269 e.